The molecule has 9 heteroatoms. The first-order valence-electron chi connectivity index (χ1n) is 12.2. The minimum Gasteiger partial charge on any atom is -0.465 e. The van der Waals surface area contributed by atoms with Crippen LogP contribution in [-0.4, -0.2) is 45.5 Å². The van der Waals surface area contributed by atoms with Crippen molar-refractivity contribution in [2.75, 3.05) is 11.9 Å². The Morgan fingerprint density at radius 3 is 2.50 bits per heavy atom. The number of H-pyrrole nitrogens is 1. The average molecular weight is 508 g/mol. The number of fused-ring (bicyclic) bond motifs is 1. The Morgan fingerprint density at radius 2 is 1.79 bits per heavy atom. The van der Waals surface area contributed by atoms with Crippen molar-refractivity contribution in [2.45, 2.75) is 24.9 Å². The summed E-state index contributed by atoms with van der Waals surface area (Å²) in [7, 11) is 0. The van der Waals surface area contributed by atoms with Gasteiger partial charge in [-0.2, -0.15) is 5.26 Å². The van der Waals surface area contributed by atoms with Gasteiger partial charge in [0.25, 0.3) is 5.91 Å². The second-order valence-electron chi connectivity index (χ2n) is 9.15. The van der Waals surface area contributed by atoms with E-state index >= 15 is 0 Å². The summed E-state index contributed by atoms with van der Waals surface area (Å²) in [5.74, 6) is -0.773. The number of carboxylic acid groups (broad SMARTS) is 1. The van der Waals surface area contributed by atoms with Gasteiger partial charge in [-0.3, -0.25) is 9.59 Å². The standard InChI is InChI=1S/C29H25N5O4/c30-17-18-8-13-23-21(15-18)16-24(32-23)19-9-11-22(12-10-19)31-27(35)25-7-4-14-34(25)28(36)26(33-29(37)38)20-5-2-1-3-6-20/h1-3,5-6,8-13,15-16,25-26,32-33H,4,7,14H2,(H,31,35)(H,37,38)/t25-,26-/m0/s1. The van der Waals surface area contributed by atoms with E-state index in [9.17, 15) is 19.5 Å². The summed E-state index contributed by atoms with van der Waals surface area (Å²) in [5.41, 5.74) is 4.42. The smallest absolute Gasteiger partial charge is 0.405 e. The van der Waals surface area contributed by atoms with Crippen LogP contribution < -0.4 is 10.6 Å². The van der Waals surface area contributed by atoms with Crippen molar-refractivity contribution in [2.24, 2.45) is 0 Å². The first kappa shape index (κ1) is 24.6. The van der Waals surface area contributed by atoms with Crippen LogP contribution in [0.4, 0.5) is 10.5 Å². The first-order chi connectivity index (χ1) is 18.4. The maximum absolute atomic E-state index is 13.4. The summed E-state index contributed by atoms with van der Waals surface area (Å²) in [6.07, 6.45) is -0.178. The second kappa shape index (κ2) is 10.5. The van der Waals surface area contributed by atoms with Gasteiger partial charge < -0.3 is 25.6 Å². The number of carbonyl (C=O) groups is 3. The van der Waals surface area contributed by atoms with Crippen LogP contribution in [0.25, 0.3) is 22.2 Å². The van der Waals surface area contributed by atoms with E-state index in [-0.39, 0.29) is 5.91 Å². The van der Waals surface area contributed by atoms with Gasteiger partial charge in [-0.05, 0) is 60.4 Å². The molecular formula is C29H25N5O4. The Bertz CT molecular complexity index is 1540. The highest BCUT2D eigenvalue weighted by Gasteiger charge is 2.38. The van der Waals surface area contributed by atoms with E-state index < -0.39 is 24.1 Å². The number of carbonyl (C=O) groups excluding carboxylic acids is 2. The quantitative estimate of drug-likeness (QED) is 0.301. The fourth-order valence-corrected chi connectivity index (χ4v) is 4.84. The Morgan fingerprint density at radius 1 is 1.03 bits per heavy atom. The van der Waals surface area contributed by atoms with Crippen LogP contribution in [0.5, 0.6) is 0 Å². The Labute approximate surface area is 218 Å². The molecule has 3 amide bonds. The van der Waals surface area contributed by atoms with E-state index in [0.717, 1.165) is 22.2 Å². The number of nitrogens with one attached hydrogen (secondary N) is 3. The van der Waals surface area contributed by atoms with Crippen molar-refractivity contribution in [3.05, 3.63) is 90.0 Å². The minimum atomic E-state index is -1.31. The SMILES string of the molecule is N#Cc1ccc2[nH]c(-c3ccc(NC(=O)[C@@H]4CCCN4C(=O)[C@@H](NC(=O)O)c4ccccc4)cc3)cc2c1. The van der Waals surface area contributed by atoms with Gasteiger partial charge in [0.1, 0.15) is 12.1 Å². The largest absolute Gasteiger partial charge is 0.465 e. The molecule has 1 fully saturated rings. The van der Waals surface area contributed by atoms with Crippen molar-refractivity contribution in [1.29, 1.82) is 5.26 Å². The summed E-state index contributed by atoms with van der Waals surface area (Å²) in [4.78, 5) is 42.7. The van der Waals surface area contributed by atoms with E-state index in [2.05, 4.69) is 21.7 Å². The van der Waals surface area contributed by atoms with Crippen LogP contribution in [0.15, 0.2) is 78.9 Å². The van der Waals surface area contributed by atoms with Gasteiger partial charge in [0, 0.05) is 28.8 Å². The maximum atomic E-state index is 13.4. The Hall–Kier alpha value is -5.10. The molecule has 4 aromatic rings. The van der Waals surface area contributed by atoms with E-state index in [4.69, 9.17) is 5.26 Å². The third-order valence-corrected chi connectivity index (χ3v) is 6.70. The molecule has 0 spiro atoms. The maximum Gasteiger partial charge on any atom is 0.405 e. The van der Waals surface area contributed by atoms with E-state index in [1.807, 2.05) is 30.3 Å². The molecule has 4 N–H and O–H groups in total. The topological polar surface area (TPSA) is 138 Å². The number of benzene rings is 3. The van der Waals surface area contributed by atoms with Gasteiger partial charge in [-0.15, -0.1) is 0 Å². The summed E-state index contributed by atoms with van der Waals surface area (Å²) < 4.78 is 0. The third-order valence-electron chi connectivity index (χ3n) is 6.70. The molecule has 2 heterocycles. The summed E-state index contributed by atoms with van der Waals surface area (Å²) in [6, 6.07) is 23.7. The van der Waals surface area contributed by atoms with Gasteiger partial charge in [0.15, 0.2) is 0 Å². The predicted octanol–water partition coefficient (Wildman–Crippen LogP) is 4.64. The number of nitriles is 1. The molecule has 0 radical (unpaired) electrons. The lowest BCUT2D eigenvalue weighted by atomic mass is 10.0. The number of likely N-dealkylation sites (tertiary alicyclic amines) is 1. The molecule has 3 aromatic carbocycles. The average Bonchev–Trinajstić information content (AvgIpc) is 3.59. The lowest BCUT2D eigenvalue weighted by Gasteiger charge is -2.28. The van der Waals surface area contributed by atoms with Crippen LogP contribution in [-0.2, 0) is 9.59 Å². The lowest BCUT2D eigenvalue weighted by molar-refractivity contribution is -0.138. The number of rotatable bonds is 6. The van der Waals surface area contributed by atoms with Gasteiger partial charge >= 0.3 is 6.09 Å². The molecule has 1 aromatic heterocycles. The fourth-order valence-electron chi connectivity index (χ4n) is 4.84. The Kier molecular flexibility index (Phi) is 6.78. The van der Waals surface area contributed by atoms with Crippen molar-refractivity contribution >= 4 is 34.5 Å². The molecule has 0 unspecified atom stereocenters. The summed E-state index contributed by atoms with van der Waals surface area (Å²) in [6.45, 7) is 0.369. The zero-order valence-electron chi connectivity index (χ0n) is 20.3. The molecule has 5 rings (SSSR count). The summed E-state index contributed by atoms with van der Waals surface area (Å²) in [5, 5.41) is 24.5. The van der Waals surface area contributed by atoms with Crippen molar-refractivity contribution in [3.8, 4) is 17.3 Å². The number of amides is 3. The molecule has 2 atom stereocenters. The molecule has 9 nitrogen and oxygen atoms in total. The third kappa shape index (κ3) is 5.06. The van der Waals surface area contributed by atoms with E-state index in [1.165, 1.54) is 4.90 Å². The van der Waals surface area contributed by atoms with Gasteiger partial charge in [-0.1, -0.05) is 42.5 Å². The molecule has 1 aliphatic rings. The molecule has 1 saturated heterocycles. The number of anilines is 1. The highest BCUT2D eigenvalue weighted by Crippen LogP contribution is 2.28. The zero-order valence-corrected chi connectivity index (χ0v) is 20.3. The molecular weight excluding hydrogens is 482 g/mol. The molecule has 0 aliphatic carbocycles. The minimum absolute atomic E-state index is 0.319. The van der Waals surface area contributed by atoms with Gasteiger partial charge in [0.2, 0.25) is 5.91 Å². The highest BCUT2D eigenvalue weighted by molar-refractivity contribution is 5.99. The summed E-state index contributed by atoms with van der Waals surface area (Å²) >= 11 is 0. The molecule has 0 saturated carbocycles. The Balaban J connectivity index is 1.29. The number of hydrogen-bond acceptors (Lipinski definition) is 4. The lowest BCUT2D eigenvalue weighted by Crippen LogP contribution is -2.48. The number of aromatic nitrogens is 1. The highest BCUT2D eigenvalue weighted by atomic mass is 16.4. The molecule has 0 bridgehead atoms. The normalized spacial score (nSPS) is 15.6. The number of hydrogen-bond donors (Lipinski definition) is 4. The first-order valence-corrected chi connectivity index (χ1v) is 12.2. The monoisotopic (exact) mass is 507 g/mol. The van der Waals surface area contributed by atoms with Crippen LogP contribution >= 0.6 is 0 Å². The van der Waals surface area contributed by atoms with E-state index in [0.29, 0.717) is 36.2 Å². The number of aromatic amines is 1. The van der Waals surface area contributed by atoms with Gasteiger partial charge in [0.05, 0.1) is 11.6 Å². The second-order valence-corrected chi connectivity index (χ2v) is 9.15. The van der Waals surface area contributed by atoms with Crippen LogP contribution in [0.1, 0.15) is 30.0 Å². The zero-order chi connectivity index (χ0) is 26.6. The van der Waals surface area contributed by atoms with Gasteiger partial charge in [-0.25, -0.2) is 4.79 Å². The molecule has 38 heavy (non-hydrogen) atoms. The molecule has 190 valence electrons. The van der Waals surface area contributed by atoms with Crippen LogP contribution in [0.3, 0.4) is 0 Å². The van der Waals surface area contributed by atoms with Crippen molar-refractivity contribution in [3.63, 3.8) is 0 Å². The predicted molar refractivity (Wildman–Crippen MR) is 142 cm³/mol. The number of nitrogens with zero attached hydrogens (tertiary/aromatic N) is 2. The molecule has 1 aliphatic heterocycles. The van der Waals surface area contributed by atoms with Crippen molar-refractivity contribution < 1.29 is 19.5 Å². The fraction of sp³-hybridized carbons (Fsp3) is 0.172. The van der Waals surface area contributed by atoms with E-state index in [1.54, 1.807) is 48.5 Å². The van der Waals surface area contributed by atoms with Crippen molar-refractivity contribution in [1.82, 2.24) is 15.2 Å². The van der Waals surface area contributed by atoms with Crippen LogP contribution in [0.2, 0.25) is 0 Å². The van der Waals surface area contributed by atoms with Crippen LogP contribution in [0, 0.1) is 11.3 Å².